The minimum Gasteiger partial charge on any atom is -0.497 e. The Bertz CT molecular complexity index is 1410. The first-order valence-corrected chi connectivity index (χ1v) is 9.72. The highest BCUT2D eigenvalue weighted by Crippen LogP contribution is 2.23. The van der Waals surface area contributed by atoms with E-state index in [-0.39, 0.29) is 16.8 Å². The molecule has 3 aromatic carbocycles. The van der Waals surface area contributed by atoms with E-state index in [1.54, 1.807) is 43.5 Å². The number of para-hydroxylation sites is 1. The van der Waals surface area contributed by atoms with Crippen LogP contribution in [0, 0.1) is 17.0 Å². The third-order valence-corrected chi connectivity index (χ3v) is 4.86. The molecule has 1 aromatic heterocycles. The minimum absolute atomic E-state index is 0.0747. The number of benzene rings is 3. The molecule has 0 unspecified atom stereocenters. The number of methoxy groups -OCH3 is 1. The average Bonchev–Trinajstić information content (AvgIpc) is 2.79. The lowest BCUT2D eigenvalue weighted by atomic mass is 10.1. The first kappa shape index (κ1) is 20.8. The molecule has 0 saturated heterocycles. The van der Waals surface area contributed by atoms with Crippen LogP contribution in [0.3, 0.4) is 0 Å². The molecule has 1 amide bonds. The molecule has 0 aliphatic rings. The van der Waals surface area contributed by atoms with Crippen molar-refractivity contribution in [3.8, 4) is 5.75 Å². The van der Waals surface area contributed by atoms with Crippen LogP contribution in [0.5, 0.6) is 5.75 Å². The SMILES string of the molecule is COc1cccc(N=c2oc3ccc([N+](=O)[O-])cc3cc2C(=O)Nc2ccccc2C)c1. The van der Waals surface area contributed by atoms with E-state index in [2.05, 4.69) is 10.3 Å². The molecule has 0 spiro atoms. The number of nitro benzene ring substituents is 1. The van der Waals surface area contributed by atoms with Crippen molar-refractivity contribution in [1.29, 1.82) is 0 Å². The third kappa shape index (κ3) is 4.34. The van der Waals surface area contributed by atoms with Crippen LogP contribution < -0.4 is 15.6 Å². The summed E-state index contributed by atoms with van der Waals surface area (Å²) in [5.41, 5.74) is 2.54. The van der Waals surface area contributed by atoms with Gasteiger partial charge in [-0.3, -0.25) is 14.9 Å². The van der Waals surface area contributed by atoms with Crippen molar-refractivity contribution in [3.63, 3.8) is 0 Å². The zero-order chi connectivity index (χ0) is 22.7. The monoisotopic (exact) mass is 429 g/mol. The van der Waals surface area contributed by atoms with Gasteiger partial charge in [0.15, 0.2) is 0 Å². The predicted molar refractivity (Wildman–Crippen MR) is 120 cm³/mol. The van der Waals surface area contributed by atoms with Crippen LogP contribution in [-0.2, 0) is 0 Å². The maximum Gasteiger partial charge on any atom is 0.270 e. The van der Waals surface area contributed by atoms with Gasteiger partial charge in [0.1, 0.15) is 16.9 Å². The standard InChI is InChI=1S/C24H19N3O5/c1-15-6-3-4-9-21(15)26-23(28)20-13-16-12-18(27(29)30)10-11-22(16)32-24(20)25-17-7-5-8-19(14-17)31-2/h3-14H,1-2H3,(H,26,28). The minimum atomic E-state index is -0.499. The molecular formula is C24H19N3O5. The van der Waals surface area contributed by atoms with Crippen LogP contribution in [0.1, 0.15) is 15.9 Å². The number of fused-ring (bicyclic) bond motifs is 1. The number of carbonyl (C=O) groups excluding carboxylic acids is 1. The van der Waals surface area contributed by atoms with Gasteiger partial charge in [-0.2, -0.15) is 0 Å². The van der Waals surface area contributed by atoms with Crippen molar-refractivity contribution < 1.29 is 18.9 Å². The number of rotatable bonds is 5. The number of amides is 1. The molecule has 0 aliphatic carbocycles. The summed E-state index contributed by atoms with van der Waals surface area (Å²) < 4.78 is 11.1. The molecule has 1 N–H and O–H groups in total. The van der Waals surface area contributed by atoms with Gasteiger partial charge in [0.05, 0.1) is 17.7 Å². The van der Waals surface area contributed by atoms with Crippen molar-refractivity contribution in [2.75, 3.05) is 12.4 Å². The maximum absolute atomic E-state index is 13.2. The number of carbonyl (C=O) groups is 1. The smallest absolute Gasteiger partial charge is 0.270 e. The number of aryl methyl sites for hydroxylation is 1. The first-order valence-electron chi connectivity index (χ1n) is 9.72. The molecule has 160 valence electrons. The summed E-state index contributed by atoms with van der Waals surface area (Å²) in [6, 6.07) is 20.1. The normalized spacial score (nSPS) is 11.4. The Kier molecular flexibility index (Phi) is 5.67. The van der Waals surface area contributed by atoms with Crippen LogP contribution in [-0.4, -0.2) is 17.9 Å². The average molecular weight is 429 g/mol. The van der Waals surface area contributed by atoms with Gasteiger partial charge >= 0.3 is 0 Å². The zero-order valence-electron chi connectivity index (χ0n) is 17.4. The van der Waals surface area contributed by atoms with Crippen molar-refractivity contribution in [2.45, 2.75) is 6.92 Å². The van der Waals surface area contributed by atoms with Gasteiger partial charge < -0.3 is 14.5 Å². The molecule has 1 heterocycles. The topological polar surface area (TPSA) is 107 Å². The molecule has 0 bridgehead atoms. The van der Waals surface area contributed by atoms with E-state index < -0.39 is 10.8 Å². The van der Waals surface area contributed by atoms with Gasteiger partial charge in [-0.25, -0.2) is 4.99 Å². The molecule has 0 fully saturated rings. The number of nitro groups is 1. The van der Waals surface area contributed by atoms with E-state index in [1.165, 1.54) is 18.2 Å². The highest BCUT2D eigenvalue weighted by molar-refractivity contribution is 6.05. The second kappa shape index (κ2) is 8.73. The van der Waals surface area contributed by atoms with E-state index in [4.69, 9.17) is 9.15 Å². The van der Waals surface area contributed by atoms with Gasteiger partial charge in [-0.05, 0) is 42.8 Å². The van der Waals surface area contributed by atoms with Crippen LogP contribution in [0.25, 0.3) is 11.0 Å². The van der Waals surface area contributed by atoms with E-state index in [0.29, 0.717) is 28.1 Å². The lowest BCUT2D eigenvalue weighted by Crippen LogP contribution is -2.22. The number of hydrogen-bond acceptors (Lipinski definition) is 6. The summed E-state index contributed by atoms with van der Waals surface area (Å²) in [4.78, 5) is 28.4. The van der Waals surface area contributed by atoms with Crippen LogP contribution in [0.15, 0.2) is 82.2 Å². The lowest BCUT2D eigenvalue weighted by Gasteiger charge is -2.09. The van der Waals surface area contributed by atoms with E-state index >= 15 is 0 Å². The molecule has 4 rings (SSSR count). The second-order valence-corrected chi connectivity index (χ2v) is 7.03. The van der Waals surface area contributed by atoms with Gasteiger partial charge in [0.2, 0.25) is 5.55 Å². The van der Waals surface area contributed by atoms with E-state index in [1.807, 2.05) is 25.1 Å². The summed E-state index contributed by atoms with van der Waals surface area (Å²) in [6.07, 6.45) is 0. The van der Waals surface area contributed by atoms with E-state index in [0.717, 1.165) is 5.56 Å². The third-order valence-electron chi connectivity index (χ3n) is 4.86. The first-order chi connectivity index (χ1) is 15.4. The molecule has 0 atom stereocenters. The molecule has 0 saturated carbocycles. The van der Waals surface area contributed by atoms with Crippen molar-refractivity contribution in [2.24, 2.45) is 4.99 Å². The number of non-ortho nitro benzene ring substituents is 1. The number of nitrogens with zero attached hydrogens (tertiary/aromatic N) is 2. The van der Waals surface area contributed by atoms with Gasteiger partial charge in [-0.15, -0.1) is 0 Å². The Morgan fingerprint density at radius 2 is 1.88 bits per heavy atom. The summed E-state index contributed by atoms with van der Waals surface area (Å²) in [6.45, 7) is 1.88. The Hall–Kier alpha value is -4.46. The van der Waals surface area contributed by atoms with Crippen LogP contribution in [0.4, 0.5) is 17.1 Å². The Morgan fingerprint density at radius 3 is 2.62 bits per heavy atom. The Balaban J connectivity index is 1.89. The molecule has 8 nitrogen and oxygen atoms in total. The molecule has 0 radical (unpaired) electrons. The number of nitrogens with one attached hydrogen (secondary N) is 1. The summed E-state index contributed by atoms with van der Waals surface area (Å²) in [5, 5.41) is 14.5. The fourth-order valence-electron chi connectivity index (χ4n) is 3.18. The summed E-state index contributed by atoms with van der Waals surface area (Å²) >= 11 is 0. The van der Waals surface area contributed by atoms with Crippen LogP contribution >= 0.6 is 0 Å². The van der Waals surface area contributed by atoms with Gasteiger partial charge in [-0.1, -0.05) is 24.3 Å². The molecule has 8 heteroatoms. The fraction of sp³-hybridized carbons (Fsp3) is 0.0833. The predicted octanol–water partition coefficient (Wildman–Crippen LogP) is 5.14. The quantitative estimate of drug-likeness (QED) is 0.349. The summed E-state index contributed by atoms with van der Waals surface area (Å²) in [5.74, 6) is 0.159. The van der Waals surface area contributed by atoms with Crippen molar-refractivity contribution in [3.05, 3.63) is 99.6 Å². The maximum atomic E-state index is 13.2. The lowest BCUT2D eigenvalue weighted by molar-refractivity contribution is -0.384. The molecule has 4 aromatic rings. The Labute approximate surface area is 183 Å². The fourth-order valence-corrected chi connectivity index (χ4v) is 3.18. The van der Waals surface area contributed by atoms with Crippen LogP contribution in [0.2, 0.25) is 0 Å². The molecule has 32 heavy (non-hydrogen) atoms. The summed E-state index contributed by atoms with van der Waals surface area (Å²) in [7, 11) is 1.55. The number of anilines is 1. The van der Waals surface area contributed by atoms with Crippen molar-refractivity contribution in [1.82, 2.24) is 0 Å². The Morgan fingerprint density at radius 1 is 1.06 bits per heavy atom. The highest BCUT2D eigenvalue weighted by Gasteiger charge is 2.16. The van der Waals surface area contributed by atoms with Gasteiger partial charge in [0.25, 0.3) is 11.6 Å². The molecule has 0 aliphatic heterocycles. The highest BCUT2D eigenvalue weighted by atomic mass is 16.6. The van der Waals surface area contributed by atoms with E-state index in [9.17, 15) is 14.9 Å². The van der Waals surface area contributed by atoms with Gasteiger partial charge in [0, 0.05) is 29.3 Å². The second-order valence-electron chi connectivity index (χ2n) is 7.03. The molecular weight excluding hydrogens is 410 g/mol. The van der Waals surface area contributed by atoms with Crippen molar-refractivity contribution >= 4 is 33.9 Å². The number of hydrogen-bond donors (Lipinski definition) is 1. The number of ether oxygens (including phenoxy) is 1. The zero-order valence-corrected chi connectivity index (χ0v) is 17.4. The largest absolute Gasteiger partial charge is 0.497 e.